The lowest BCUT2D eigenvalue weighted by Gasteiger charge is -2.17. The Balaban J connectivity index is 1.77. The van der Waals surface area contributed by atoms with Crippen LogP contribution in [0.25, 0.3) is 0 Å². The van der Waals surface area contributed by atoms with Crippen LogP contribution < -0.4 is 15.8 Å². The minimum Gasteiger partial charge on any atom is -0.489 e. The largest absolute Gasteiger partial charge is 0.489 e. The van der Waals surface area contributed by atoms with E-state index in [1.54, 1.807) is 19.1 Å². The van der Waals surface area contributed by atoms with Gasteiger partial charge in [0.05, 0.1) is 12.6 Å². The number of benzene rings is 2. The molecule has 4 nitrogen and oxygen atoms in total. The molecule has 2 rings (SSSR count). The highest BCUT2D eigenvalue weighted by molar-refractivity contribution is 5.81. The molecule has 0 aliphatic carbocycles. The average molecular weight is 316 g/mol. The number of hydrogen-bond donors (Lipinski definition) is 2. The molecule has 0 radical (unpaired) electrons. The van der Waals surface area contributed by atoms with Gasteiger partial charge in [0.1, 0.15) is 17.7 Å². The molecule has 0 fully saturated rings. The Bertz CT molecular complexity index is 634. The van der Waals surface area contributed by atoms with E-state index >= 15 is 0 Å². The number of halogens is 1. The van der Waals surface area contributed by atoms with Crippen LogP contribution >= 0.6 is 0 Å². The molecule has 2 aromatic rings. The molecule has 0 saturated carbocycles. The molecule has 0 saturated heterocycles. The lowest BCUT2D eigenvalue weighted by Crippen LogP contribution is -2.45. The maximum atomic E-state index is 13.1. The molecule has 122 valence electrons. The summed E-state index contributed by atoms with van der Waals surface area (Å²) in [6.07, 6.45) is 0.191. The zero-order valence-electron chi connectivity index (χ0n) is 13.0. The zero-order valence-corrected chi connectivity index (χ0v) is 13.0. The maximum absolute atomic E-state index is 13.1. The van der Waals surface area contributed by atoms with Crippen LogP contribution in [0, 0.1) is 5.82 Å². The Morgan fingerprint density at radius 3 is 2.65 bits per heavy atom. The van der Waals surface area contributed by atoms with Gasteiger partial charge in [-0.25, -0.2) is 4.39 Å². The highest BCUT2D eigenvalue weighted by Crippen LogP contribution is 2.13. The molecule has 0 aliphatic rings. The van der Waals surface area contributed by atoms with E-state index in [0.717, 1.165) is 5.56 Å². The van der Waals surface area contributed by atoms with E-state index < -0.39 is 6.04 Å². The molecule has 0 spiro atoms. The van der Waals surface area contributed by atoms with Crippen molar-refractivity contribution in [2.24, 2.45) is 5.73 Å². The van der Waals surface area contributed by atoms with Crippen molar-refractivity contribution in [1.29, 1.82) is 0 Å². The molecule has 0 aromatic heterocycles. The number of nitrogens with one attached hydrogen (secondary N) is 1. The summed E-state index contributed by atoms with van der Waals surface area (Å²) in [5, 5.41) is 2.75. The SMILES string of the molecule is CC(CNC(=O)[C@@H](N)Cc1ccccc1)Oc1cccc(F)c1. The third-order valence-corrected chi connectivity index (χ3v) is 3.33. The van der Waals surface area contributed by atoms with Crippen molar-refractivity contribution in [2.45, 2.75) is 25.5 Å². The standard InChI is InChI=1S/C18H21FN2O2/c1-13(23-16-9-5-8-15(19)11-16)12-21-18(22)17(20)10-14-6-3-2-4-7-14/h2-9,11,13,17H,10,12,20H2,1H3,(H,21,22)/t13?,17-/m0/s1. The van der Waals surface area contributed by atoms with E-state index in [0.29, 0.717) is 18.7 Å². The molecule has 23 heavy (non-hydrogen) atoms. The van der Waals surface area contributed by atoms with E-state index in [2.05, 4.69) is 5.32 Å². The van der Waals surface area contributed by atoms with Gasteiger partial charge in [-0.1, -0.05) is 36.4 Å². The van der Waals surface area contributed by atoms with Gasteiger partial charge in [0.2, 0.25) is 5.91 Å². The first kappa shape index (κ1) is 17.0. The zero-order chi connectivity index (χ0) is 16.7. The summed E-state index contributed by atoms with van der Waals surface area (Å²) in [5.74, 6) is -0.160. The minimum absolute atomic E-state index is 0.233. The van der Waals surface area contributed by atoms with Gasteiger partial charge in [-0.2, -0.15) is 0 Å². The number of rotatable bonds is 7. The van der Waals surface area contributed by atoms with E-state index in [1.165, 1.54) is 12.1 Å². The fourth-order valence-electron chi connectivity index (χ4n) is 2.15. The number of carbonyl (C=O) groups is 1. The van der Waals surface area contributed by atoms with Crippen LogP contribution in [0.15, 0.2) is 54.6 Å². The second-order valence-corrected chi connectivity index (χ2v) is 5.43. The summed E-state index contributed by atoms with van der Waals surface area (Å²) < 4.78 is 18.6. The van der Waals surface area contributed by atoms with Crippen LogP contribution in [-0.2, 0) is 11.2 Å². The van der Waals surface area contributed by atoms with Crippen LogP contribution in [0.1, 0.15) is 12.5 Å². The molecule has 0 heterocycles. The van der Waals surface area contributed by atoms with Gasteiger partial charge in [0.15, 0.2) is 0 Å². The van der Waals surface area contributed by atoms with Crippen LogP contribution in [0.3, 0.4) is 0 Å². The molecule has 1 unspecified atom stereocenters. The summed E-state index contributed by atoms with van der Waals surface area (Å²) in [5.41, 5.74) is 6.92. The van der Waals surface area contributed by atoms with Crippen LogP contribution in [-0.4, -0.2) is 24.6 Å². The Morgan fingerprint density at radius 1 is 1.22 bits per heavy atom. The normalized spacial score (nSPS) is 13.2. The minimum atomic E-state index is -0.612. The third kappa shape index (κ3) is 5.71. The molecule has 0 aliphatic heterocycles. The van der Waals surface area contributed by atoms with Crippen molar-refractivity contribution >= 4 is 5.91 Å². The van der Waals surface area contributed by atoms with Crippen molar-refractivity contribution < 1.29 is 13.9 Å². The summed E-state index contributed by atoms with van der Waals surface area (Å²) in [6, 6.07) is 14.9. The highest BCUT2D eigenvalue weighted by atomic mass is 19.1. The third-order valence-electron chi connectivity index (χ3n) is 3.33. The van der Waals surface area contributed by atoms with Crippen LogP contribution in [0.2, 0.25) is 0 Å². The summed E-state index contributed by atoms with van der Waals surface area (Å²) in [7, 11) is 0. The summed E-state index contributed by atoms with van der Waals surface area (Å²) in [6.45, 7) is 2.10. The fraction of sp³-hybridized carbons (Fsp3) is 0.278. The Hall–Kier alpha value is -2.40. The lowest BCUT2D eigenvalue weighted by atomic mass is 10.1. The van der Waals surface area contributed by atoms with Gasteiger partial charge in [-0.3, -0.25) is 4.79 Å². The second-order valence-electron chi connectivity index (χ2n) is 5.43. The Labute approximate surface area is 135 Å². The van der Waals surface area contributed by atoms with Gasteiger partial charge in [0, 0.05) is 6.07 Å². The van der Waals surface area contributed by atoms with Crippen molar-refractivity contribution in [3.05, 3.63) is 66.0 Å². The molecular weight excluding hydrogens is 295 g/mol. The van der Waals surface area contributed by atoms with Crippen molar-refractivity contribution in [2.75, 3.05) is 6.54 Å². The first-order chi connectivity index (χ1) is 11.0. The van der Waals surface area contributed by atoms with Crippen LogP contribution in [0.5, 0.6) is 5.75 Å². The fourth-order valence-corrected chi connectivity index (χ4v) is 2.15. The van der Waals surface area contributed by atoms with Gasteiger partial charge < -0.3 is 15.8 Å². The summed E-state index contributed by atoms with van der Waals surface area (Å²) in [4.78, 5) is 12.0. The van der Waals surface area contributed by atoms with Crippen molar-refractivity contribution in [3.8, 4) is 5.75 Å². The number of ether oxygens (including phenoxy) is 1. The molecule has 5 heteroatoms. The predicted molar refractivity (Wildman–Crippen MR) is 87.6 cm³/mol. The van der Waals surface area contributed by atoms with Crippen LogP contribution in [0.4, 0.5) is 4.39 Å². The monoisotopic (exact) mass is 316 g/mol. The van der Waals surface area contributed by atoms with Gasteiger partial charge in [-0.15, -0.1) is 0 Å². The topological polar surface area (TPSA) is 64.4 Å². The average Bonchev–Trinajstić information content (AvgIpc) is 2.53. The number of nitrogens with two attached hydrogens (primary N) is 1. The van der Waals surface area contributed by atoms with E-state index in [-0.39, 0.29) is 17.8 Å². The molecule has 0 bridgehead atoms. The van der Waals surface area contributed by atoms with E-state index in [1.807, 2.05) is 30.3 Å². The highest BCUT2D eigenvalue weighted by Gasteiger charge is 2.15. The van der Waals surface area contributed by atoms with Crippen molar-refractivity contribution in [3.63, 3.8) is 0 Å². The Morgan fingerprint density at radius 2 is 1.96 bits per heavy atom. The molecule has 3 N–H and O–H groups in total. The van der Waals surface area contributed by atoms with Crippen molar-refractivity contribution in [1.82, 2.24) is 5.32 Å². The molecule has 2 atom stereocenters. The van der Waals surface area contributed by atoms with E-state index in [4.69, 9.17) is 10.5 Å². The quantitative estimate of drug-likeness (QED) is 0.823. The smallest absolute Gasteiger partial charge is 0.237 e. The van der Waals surface area contributed by atoms with Gasteiger partial charge >= 0.3 is 0 Å². The molecule has 2 aromatic carbocycles. The first-order valence-corrected chi connectivity index (χ1v) is 7.54. The second kappa shape index (κ2) is 8.29. The van der Waals surface area contributed by atoms with E-state index in [9.17, 15) is 9.18 Å². The lowest BCUT2D eigenvalue weighted by molar-refractivity contribution is -0.122. The number of carbonyl (C=O) groups excluding carboxylic acids is 1. The van der Waals surface area contributed by atoms with Gasteiger partial charge in [0.25, 0.3) is 0 Å². The maximum Gasteiger partial charge on any atom is 0.237 e. The number of hydrogen-bond acceptors (Lipinski definition) is 3. The summed E-state index contributed by atoms with van der Waals surface area (Å²) >= 11 is 0. The molecule has 1 amide bonds. The van der Waals surface area contributed by atoms with Gasteiger partial charge in [-0.05, 0) is 31.0 Å². The Kier molecular flexibility index (Phi) is 6.11. The number of amides is 1. The predicted octanol–water partition coefficient (Wildman–Crippen LogP) is 2.28. The first-order valence-electron chi connectivity index (χ1n) is 7.54. The molecular formula is C18H21FN2O2.